The van der Waals surface area contributed by atoms with Gasteiger partial charge in [0.1, 0.15) is 0 Å². The van der Waals surface area contributed by atoms with E-state index in [1.165, 1.54) is 10.2 Å². The van der Waals surface area contributed by atoms with Crippen molar-refractivity contribution in [3.63, 3.8) is 0 Å². The SMILES string of the molecule is CC(C)c1ccc(-c2nn(-c3ccccc3)c(=O)c3ccccc23)cc1. The first-order chi connectivity index (χ1) is 12.6. The molecule has 3 heteroatoms. The second kappa shape index (κ2) is 6.60. The molecule has 0 aliphatic heterocycles. The third-order valence-corrected chi connectivity index (χ3v) is 4.66. The molecular weight excluding hydrogens is 320 g/mol. The van der Waals surface area contributed by atoms with E-state index in [1.54, 1.807) is 0 Å². The lowest BCUT2D eigenvalue weighted by atomic mass is 9.99. The van der Waals surface area contributed by atoms with Crippen LogP contribution >= 0.6 is 0 Å². The number of fused-ring (bicyclic) bond motifs is 1. The Morgan fingerprint density at radius 3 is 2.04 bits per heavy atom. The average molecular weight is 340 g/mol. The highest BCUT2D eigenvalue weighted by atomic mass is 16.1. The maximum absolute atomic E-state index is 13.0. The zero-order valence-electron chi connectivity index (χ0n) is 14.9. The highest BCUT2D eigenvalue weighted by molar-refractivity contribution is 5.93. The molecule has 3 nitrogen and oxygen atoms in total. The van der Waals surface area contributed by atoms with Crippen molar-refractivity contribution in [2.45, 2.75) is 19.8 Å². The molecule has 0 aliphatic carbocycles. The van der Waals surface area contributed by atoms with E-state index in [0.717, 1.165) is 22.3 Å². The smallest absolute Gasteiger partial charge is 0.267 e. The quantitative estimate of drug-likeness (QED) is 0.515. The molecule has 0 N–H and O–H groups in total. The number of hydrogen-bond donors (Lipinski definition) is 0. The molecule has 1 heterocycles. The van der Waals surface area contributed by atoms with Crippen LogP contribution in [-0.4, -0.2) is 9.78 Å². The molecule has 1 aromatic heterocycles. The van der Waals surface area contributed by atoms with Gasteiger partial charge in [0, 0.05) is 10.9 Å². The van der Waals surface area contributed by atoms with Crippen LogP contribution in [0.3, 0.4) is 0 Å². The van der Waals surface area contributed by atoms with Gasteiger partial charge in [-0.25, -0.2) is 0 Å². The fourth-order valence-corrected chi connectivity index (χ4v) is 3.17. The number of hydrogen-bond acceptors (Lipinski definition) is 2. The Morgan fingerprint density at radius 1 is 0.769 bits per heavy atom. The molecule has 26 heavy (non-hydrogen) atoms. The van der Waals surface area contributed by atoms with Crippen LogP contribution in [0.4, 0.5) is 0 Å². The lowest BCUT2D eigenvalue weighted by molar-refractivity contribution is 0.826. The molecule has 0 bridgehead atoms. The Kier molecular flexibility index (Phi) is 4.13. The monoisotopic (exact) mass is 340 g/mol. The molecule has 0 saturated heterocycles. The van der Waals surface area contributed by atoms with Crippen molar-refractivity contribution < 1.29 is 0 Å². The molecule has 0 radical (unpaired) electrons. The molecule has 128 valence electrons. The Labute approximate surface area is 152 Å². The van der Waals surface area contributed by atoms with Crippen molar-refractivity contribution in [1.82, 2.24) is 9.78 Å². The summed E-state index contributed by atoms with van der Waals surface area (Å²) in [5, 5.41) is 6.27. The van der Waals surface area contributed by atoms with E-state index < -0.39 is 0 Å². The molecule has 0 fully saturated rings. The van der Waals surface area contributed by atoms with E-state index in [0.29, 0.717) is 11.3 Å². The van der Waals surface area contributed by atoms with Crippen molar-refractivity contribution in [3.8, 4) is 16.9 Å². The Bertz CT molecular complexity index is 1110. The molecule has 4 rings (SSSR count). The van der Waals surface area contributed by atoms with Gasteiger partial charge in [-0.2, -0.15) is 9.78 Å². The number of para-hydroxylation sites is 1. The Morgan fingerprint density at radius 2 is 1.38 bits per heavy atom. The van der Waals surface area contributed by atoms with Crippen molar-refractivity contribution in [3.05, 3.63) is 94.8 Å². The van der Waals surface area contributed by atoms with Gasteiger partial charge in [-0.3, -0.25) is 4.79 Å². The summed E-state index contributed by atoms with van der Waals surface area (Å²) in [5.41, 5.74) is 3.78. The van der Waals surface area contributed by atoms with Crippen LogP contribution < -0.4 is 5.56 Å². The van der Waals surface area contributed by atoms with E-state index in [1.807, 2.05) is 54.6 Å². The van der Waals surface area contributed by atoms with Gasteiger partial charge >= 0.3 is 0 Å². The fraction of sp³-hybridized carbons (Fsp3) is 0.130. The Balaban J connectivity index is 1.99. The third kappa shape index (κ3) is 2.82. The molecule has 0 spiro atoms. The summed E-state index contributed by atoms with van der Waals surface area (Å²) in [5.74, 6) is 0.479. The van der Waals surface area contributed by atoms with Gasteiger partial charge in [0.25, 0.3) is 5.56 Å². The van der Waals surface area contributed by atoms with E-state index in [9.17, 15) is 4.79 Å². The zero-order chi connectivity index (χ0) is 18.1. The summed E-state index contributed by atoms with van der Waals surface area (Å²) in [6.07, 6.45) is 0. The molecule has 3 aromatic carbocycles. The summed E-state index contributed by atoms with van der Waals surface area (Å²) in [6.45, 7) is 4.36. The summed E-state index contributed by atoms with van der Waals surface area (Å²) >= 11 is 0. The lowest BCUT2D eigenvalue weighted by Gasteiger charge is -2.12. The average Bonchev–Trinajstić information content (AvgIpc) is 2.69. The lowest BCUT2D eigenvalue weighted by Crippen LogP contribution is -2.22. The standard InChI is InChI=1S/C23H20N2O/c1-16(2)17-12-14-18(15-13-17)22-20-10-6-7-11-21(20)23(26)25(24-22)19-8-4-3-5-9-19/h3-16H,1-2H3. The van der Waals surface area contributed by atoms with E-state index >= 15 is 0 Å². The molecule has 0 amide bonds. The fourth-order valence-electron chi connectivity index (χ4n) is 3.17. The van der Waals surface area contributed by atoms with Crippen LogP contribution in [0.1, 0.15) is 25.3 Å². The second-order valence-corrected chi connectivity index (χ2v) is 6.72. The van der Waals surface area contributed by atoms with Crippen LogP contribution in [0.5, 0.6) is 0 Å². The van der Waals surface area contributed by atoms with Crippen LogP contribution in [0.2, 0.25) is 0 Å². The first-order valence-corrected chi connectivity index (χ1v) is 8.83. The van der Waals surface area contributed by atoms with Gasteiger partial charge < -0.3 is 0 Å². The minimum atomic E-state index is -0.102. The van der Waals surface area contributed by atoms with Crippen molar-refractivity contribution in [2.75, 3.05) is 0 Å². The van der Waals surface area contributed by atoms with Crippen molar-refractivity contribution in [1.29, 1.82) is 0 Å². The largest absolute Gasteiger partial charge is 0.279 e. The topological polar surface area (TPSA) is 34.9 Å². The van der Waals surface area contributed by atoms with Crippen LogP contribution in [0.15, 0.2) is 83.7 Å². The summed E-state index contributed by atoms with van der Waals surface area (Å²) in [4.78, 5) is 13.0. The van der Waals surface area contributed by atoms with E-state index in [4.69, 9.17) is 5.10 Å². The number of benzene rings is 3. The first kappa shape index (κ1) is 16.3. The summed E-state index contributed by atoms with van der Waals surface area (Å²) in [6, 6.07) is 25.7. The maximum Gasteiger partial charge on any atom is 0.279 e. The van der Waals surface area contributed by atoms with Gasteiger partial charge in [0.15, 0.2) is 0 Å². The number of aromatic nitrogens is 2. The van der Waals surface area contributed by atoms with Gasteiger partial charge in [-0.1, -0.05) is 74.5 Å². The van der Waals surface area contributed by atoms with E-state index in [-0.39, 0.29) is 5.56 Å². The van der Waals surface area contributed by atoms with Gasteiger partial charge in [-0.05, 0) is 29.7 Å². The molecule has 0 atom stereocenters. The van der Waals surface area contributed by atoms with E-state index in [2.05, 4.69) is 38.1 Å². The zero-order valence-corrected chi connectivity index (χ0v) is 14.9. The molecule has 0 saturated carbocycles. The summed E-state index contributed by atoms with van der Waals surface area (Å²) in [7, 11) is 0. The molecular formula is C23H20N2O. The van der Waals surface area contributed by atoms with Gasteiger partial charge in [-0.15, -0.1) is 0 Å². The predicted molar refractivity (Wildman–Crippen MR) is 107 cm³/mol. The number of nitrogens with zero attached hydrogens (tertiary/aromatic N) is 2. The predicted octanol–water partition coefficient (Wildman–Crippen LogP) is 5.18. The van der Waals surface area contributed by atoms with Crippen molar-refractivity contribution >= 4 is 10.8 Å². The highest BCUT2D eigenvalue weighted by Gasteiger charge is 2.13. The second-order valence-electron chi connectivity index (χ2n) is 6.72. The third-order valence-electron chi connectivity index (χ3n) is 4.66. The van der Waals surface area contributed by atoms with Crippen molar-refractivity contribution in [2.24, 2.45) is 0 Å². The molecule has 0 aliphatic rings. The van der Waals surface area contributed by atoms with Gasteiger partial charge in [0.2, 0.25) is 0 Å². The van der Waals surface area contributed by atoms with Crippen LogP contribution in [0.25, 0.3) is 27.7 Å². The minimum Gasteiger partial charge on any atom is -0.267 e. The minimum absolute atomic E-state index is 0.102. The highest BCUT2D eigenvalue weighted by Crippen LogP contribution is 2.27. The normalized spacial score (nSPS) is 11.2. The van der Waals surface area contributed by atoms with Gasteiger partial charge in [0.05, 0.1) is 16.8 Å². The molecule has 0 unspecified atom stereocenters. The van der Waals surface area contributed by atoms with Crippen LogP contribution in [-0.2, 0) is 0 Å². The maximum atomic E-state index is 13.0. The molecule has 4 aromatic rings. The van der Waals surface area contributed by atoms with Crippen LogP contribution in [0, 0.1) is 0 Å². The first-order valence-electron chi connectivity index (χ1n) is 8.83. The summed E-state index contributed by atoms with van der Waals surface area (Å²) < 4.78 is 1.49. The Hall–Kier alpha value is -3.20. The number of rotatable bonds is 3.